The number of likely N-dealkylation sites (tertiary alicyclic amines) is 1. The number of thiazole rings is 1. The van der Waals surface area contributed by atoms with Crippen molar-refractivity contribution in [2.75, 3.05) is 13.6 Å². The number of carbonyl (C=O) groups is 2. The highest BCUT2D eigenvalue weighted by atomic mass is 32.1. The van der Waals surface area contributed by atoms with Crippen LogP contribution >= 0.6 is 11.3 Å². The molecule has 6 nitrogen and oxygen atoms in total. The van der Waals surface area contributed by atoms with Gasteiger partial charge in [0, 0.05) is 31.5 Å². The van der Waals surface area contributed by atoms with Crippen LogP contribution in [0.3, 0.4) is 0 Å². The number of benzene rings is 1. The molecule has 1 aromatic carbocycles. The van der Waals surface area contributed by atoms with Crippen LogP contribution in [0.25, 0.3) is 6.08 Å². The van der Waals surface area contributed by atoms with Gasteiger partial charge >= 0.3 is 0 Å². The summed E-state index contributed by atoms with van der Waals surface area (Å²) < 4.78 is 5.75. The Bertz CT molecular complexity index is 831. The van der Waals surface area contributed by atoms with Gasteiger partial charge < -0.3 is 15.0 Å². The second-order valence-corrected chi connectivity index (χ2v) is 7.30. The van der Waals surface area contributed by atoms with Crippen LogP contribution in [0.1, 0.15) is 22.7 Å². The second kappa shape index (κ2) is 8.14. The molecule has 1 saturated heterocycles. The molecule has 0 saturated carbocycles. The smallest absolute Gasteiger partial charge is 0.244 e. The summed E-state index contributed by atoms with van der Waals surface area (Å²) in [5.74, 6) is 0.572. The summed E-state index contributed by atoms with van der Waals surface area (Å²) in [6.07, 6.45) is 3.57. The molecular formula is C19H21N3O3S. The molecule has 2 aromatic rings. The monoisotopic (exact) mass is 371 g/mol. The summed E-state index contributed by atoms with van der Waals surface area (Å²) in [4.78, 5) is 29.5. The SMILES string of the molecule is Cc1nc(COc2cccc(/C=C/C(=O)N[C@H]3CC(=O)N(C)C3)c2)cs1. The van der Waals surface area contributed by atoms with Crippen molar-refractivity contribution in [3.8, 4) is 5.75 Å². The van der Waals surface area contributed by atoms with Crippen LogP contribution in [0.2, 0.25) is 0 Å². The van der Waals surface area contributed by atoms with E-state index in [9.17, 15) is 9.59 Å². The number of rotatable bonds is 6. The molecule has 0 radical (unpaired) electrons. The first kappa shape index (κ1) is 18.1. The third-order valence-electron chi connectivity index (χ3n) is 4.03. The maximum absolute atomic E-state index is 12.0. The Labute approximate surface area is 156 Å². The largest absolute Gasteiger partial charge is 0.487 e. The van der Waals surface area contributed by atoms with Gasteiger partial charge in [-0.3, -0.25) is 9.59 Å². The molecule has 7 heteroatoms. The predicted octanol–water partition coefficient (Wildman–Crippen LogP) is 2.39. The quantitative estimate of drug-likeness (QED) is 0.792. The minimum absolute atomic E-state index is 0.0550. The van der Waals surface area contributed by atoms with E-state index in [4.69, 9.17) is 4.74 Å². The summed E-state index contributed by atoms with van der Waals surface area (Å²) in [6.45, 7) is 2.93. The van der Waals surface area contributed by atoms with Crippen LogP contribution < -0.4 is 10.1 Å². The minimum Gasteiger partial charge on any atom is -0.487 e. The standard InChI is InChI=1S/C19H21N3O3S/c1-13-20-16(12-26-13)11-25-17-5-3-4-14(8-17)6-7-18(23)21-15-9-19(24)22(2)10-15/h3-8,12,15H,9-11H2,1-2H3,(H,21,23)/b7-6+/t15-/m0/s1. The molecule has 1 N–H and O–H groups in total. The number of nitrogens with one attached hydrogen (secondary N) is 1. The van der Waals surface area contributed by atoms with E-state index in [2.05, 4.69) is 10.3 Å². The molecule has 0 bridgehead atoms. The Morgan fingerprint density at radius 2 is 2.35 bits per heavy atom. The van der Waals surface area contributed by atoms with E-state index in [1.54, 1.807) is 29.4 Å². The highest BCUT2D eigenvalue weighted by molar-refractivity contribution is 7.09. The highest BCUT2D eigenvalue weighted by Crippen LogP contribution is 2.17. The number of amides is 2. The molecule has 2 amide bonds. The van der Waals surface area contributed by atoms with Crippen molar-refractivity contribution in [2.45, 2.75) is 26.0 Å². The Hall–Kier alpha value is -2.67. The lowest BCUT2D eigenvalue weighted by Gasteiger charge is -2.10. The third-order valence-corrected chi connectivity index (χ3v) is 4.85. The van der Waals surface area contributed by atoms with Gasteiger partial charge in [-0.1, -0.05) is 12.1 Å². The fourth-order valence-corrected chi connectivity index (χ4v) is 3.32. The number of aromatic nitrogens is 1. The minimum atomic E-state index is -0.206. The molecule has 1 aliphatic rings. The lowest BCUT2D eigenvalue weighted by atomic mass is 10.2. The van der Waals surface area contributed by atoms with Crippen LogP contribution in [0.4, 0.5) is 0 Å². The van der Waals surface area contributed by atoms with E-state index < -0.39 is 0 Å². The molecule has 0 spiro atoms. The van der Waals surface area contributed by atoms with Crippen molar-refractivity contribution < 1.29 is 14.3 Å². The van der Waals surface area contributed by atoms with Gasteiger partial charge in [0.15, 0.2) is 0 Å². The molecule has 136 valence electrons. The molecule has 1 aliphatic heterocycles. The van der Waals surface area contributed by atoms with Crippen LogP contribution in [-0.2, 0) is 16.2 Å². The van der Waals surface area contributed by atoms with Crippen LogP contribution in [0.15, 0.2) is 35.7 Å². The lowest BCUT2D eigenvalue weighted by Crippen LogP contribution is -2.35. The van der Waals surface area contributed by atoms with Crippen molar-refractivity contribution in [3.05, 3.63) is 52.0 Å². The number of likely N-dealkylation sites (N-methyl/N-ethyl adjacent to an activating group) is 1. The normalized spacial score (nSPS) is 17.1. The molecule has 1 fully saturated rings. The van der Waals surface area contributed by atoms with Crippen molar-refractivity contribution in [1.29, 1.82) is 0 Å². The molecule has 3 rings (SSSR count). The van der Waals surface area contributed by atoms with Crippen LogP contribution in [-0.4, -0.2) is 41.3 Å². The molecule has 0 aliphatic carbocycles. The first-order valence-electron chi connectivity index (χ1n) is 8.36. The third kappa shape index (κ3) is 4.92. The summed E-state index contributed by atoms with van der Waals surface area (Å²) >= 11 is 1.60. The number of hydrogen-bond acceptors (Lipinski definition) is 5. The predicted molar refractivity (Wildman–Crippen MR) is 101 cm³/mol. The van der Waals surface area contributed by atoms with Crippen molar-refractivity contribution in [1.82, 2.24) is 15.2 Å². The Morgan fingerprint density at radius 3 is 3.04 bits per heavy atom. The number of aryl methyl sites for hydroxylation is 1. The summed E-state index contributed by atoms with van der Waals surface area (Å²) in [6, 6.07) is 7.40. The first-order chi connectivity index (χ1) is 12.5. The van der Waals surface area contributed by atoms with E-state index in [0.717, 1.165) is 22.0 Å². The second-order valence-electron chi connectivity index (χ2n) is 6.24. The van der Waals surface area contributed by atoms with Gasteiger partial charge in [0.2, 0.25) is 11.8 Å². The zero-order valence-corrected chi connectivity index (χ0v) is 15.6. The van der Waals surface area contributed by atoms with E-state index in [-0.39, 0.29) is 17.9 Å². The molecule has 1 atom stereocenters. The average Bonchev–Trinajstić information content (AvgIpc) is 3.17. The van der Waals surface area contributed by atoms with E-state index in [1.165, 1.54) is 6.08 Å². The Morgan fingerprint density at radius 1 is 1.50 bits per heavy atom. The molecule has 26 heavy (non-hydrogen) atoms. The number of hydrogen-bond donors (Lipinski definition) is 1. The summed E-state index contributed by atoms with van der Waals surface area (Å²) in [5, 5.41) is 5.84. The fraction of sp³-hybridized carbons (Fsp3) is 0.316. The summed E-state index contributed by atoms with van der Waals surface area (Å²) in [5.41, 5.74) is 1.77. The van der Waals surface area contributed by atoms with Gasteiger partial charge in [0.25, 0.3) is 0 Å². The van der Waals surface area contributed by atoms with Gasteiger partial charge in [-0.15, -0.1) is 11.3 Å². The maximum Gasteiger partial charge on any atom is 0.244 e. The average molecular weight is 371 g/mol. The number of ether oxygens (including phenoxy) is 1. The van der Waals surface area contributed by atoms with Crippen LogP contribution in [0.5, 0.6) is 5.75 Å². The van der Waals surface area contributed by atoms with E-state index in [0.29, 0.717) is 19.6 Å². The number of carbonyl (C=O) groups excluding carboxylic acids is 2. The maximum atomic E-state index is 12.0. The highest BCUT2D eigenvalue weighted by Gasteiger charge is 2.27. The fourth-order valence-electron chi connectivity index (χ4n) is 2.72. The zero-order chi connectivity index (χ0) is 18.5. The van der Waals surface area contributed by atoms with Crippen molar-refractivity contribution in [3.63, 3.8) is 0 Å². The van der Waals surface area contributed by atoms with E-state index >= 15 is 0 Å². The molecule has 2 heterocycles. The first-order valence-corrected chi connectivity index (χ1v) is 9.24. The van der Waals surface area contributed by atoms with Crippen molar-refractivity contribution in [2.24, 2.45) is 0 Å². The van der Waals surface area contributed by atoms with Crippen LogP contribution in [0, 0.1) is 6.92 Å². The van der Waals surface area contributed by atoms with Crippen molar-refractivity contribution >= 4 is 29.2 Å². The zero-order valence-electron chi connectivity index (χ0n) is 14.8. The van der Waals surface area contributed by atoms with Gasteiger partial charge in [-0.05, 0) is 30.7 Å². The van der Waals surface area contributed by atoms with Gasteiger partial charge in [0.1, 0.15) is 12.4 Å². The van der Waals surface area contributed by atoms with Gasteiger partial charge in [-0.25, -0.2) is 4.98 Å². The van der Waals surface area contributed by atoms with Gasteiger partial charge in [0.05, 0.1) is 16.7 Å². The topological polar surface area (TPSA) is 71.5 Å². The lowest BCUT2D eigenvalue weighted by molar-refractivity contribution is -0.126. The Kier molecular flexibility index (Phi) is 5.68. The van der Waals surface area contributed by atoms with E-state index in [1.807, 2.05) is 36.6 Å². The molecular weight excluding hydrogens is 350 g/mol. The number of nitrogens with zero attached hydrogens (tertiary/aromatic N) is 2. The summed E-state index contributed by atoms with van der Waals surface area (Å²) in [7, 11) is 1.74. The molecule has 1 aromatic heterocycles. The molecule has 0 unspecified atom stereocenters. The Balaban J connectivity index is 1.53. The van der Waals surface area contributed by atoms with Gasteiger partial charge in [-0.2, -0.15) is 0 Å².